The number of nitrogens with zero attached hydrogens (tertiary/aromatic N) is 6. The van der Waals surface area contributed by atoms with Crippen LogP contribution in [0.15, 0.2) is 61.2 Å². The quantitative estimate of drug-likeness (QED) is 0.211. The third kappa shape index (κ3) is 12.3. The third-order valence-corrected chi connectivity index (χ3v) is 7.95. The van der Waals surface area contributed by atoms with E-state index in [2.05, 4.69) is 35.2 Å². The van der Waals surface area contributed by atoms with Crippen molar-refractivity contribution in [2.75, 3.05) is 37.7 Å². The van der Waals surface area contributed by atoms with Gasteiger partial charge in [0.1, 0.15) is 26.9 Å². The Bertz CT molecular complexity index is 1380. The number of aromatic nitrogens is 6. The van der Waals surface area contributed by atoms with Crippen molar-refractivity contribution in [3.63, 3.8) is 0 Å². The van der Waals surface area contributed by atoms with E-state index >= 15 is 0 Å². The molecule has 38 heavy (non-hydrogen) atoms. The molecule has 0 atom stereocenters. The molecule has 15 heteroatoms. The van der Waals surface area contributed by atoms with Crippen LogP contribution in [-0.2, 0) is 9.13 Å². The first kappa shape index (κ1) is 33.4. The minimum Gasteiger partial charge on any atom is -0.399 e. The summed E-state index contributed by atoms with van der Waals surface area (Å²) in [6.45, 7) is 6.97. The Hall–Kier alpha value is -2.61. The van der Waals surface area contributed by atoms with Crippen LogP contribution >= 0.6 is 49.1 Å². The summed E-state index contributed by atoms with van der Waals surface area (Å²) in [4.78, 5) is 22.0. The van der Waals surface area contributed by atoms with E-state index in [-0.39, 0.29) is 23.3 Å². The summed E-state index contributed by atoms with van der Waals surface area (Å²) < 4.78 is 23.3. The van der Waals surface area contributed by atoms with Gasteiger partial charge < -0.3 is 20.2 Å². The van der Waals surface area contributed by atoms with Crippen molar-refractivity contribution in [2.45, 2.75) is 7.43 Å². The normalized spacial score (nSPS) is 10.6. The lowest BCUT2D eigenvalue weighted by Gasteiger charge is -2.08. The third-order valence-electron chi connectivity index (χ3n) is 4.32. The van der Waals surface area contributed by atoms with Crippen LogP contribution in [0.5, 0.6) is 0 Å². The Labute approximate surface area is 237 Å². The summed E-state index contributed by atoms with van der Waals surface area (Å²) in [5.41, 5.74) is 6.99. The minimum atomic E-state index is -2.22. The van der Waals surface area contributed by atoms with E-state index < -0.39 is 14.3 Å². The zero-order chi connectivity index (χ0) is 27.6. The molecule has 3 N–H and O–H groups in total. The van der Waals surface area contributed by atoms with E-state index in [0.717, 1.165) is 16.3 Å². The molecule has 0 saturated carbocycles. The van der Waals surface area contributed by atoms with Gasteiger partial charge in [0, 0.05) is 22.0 Å². The first-order chi connectivity index (χ1) is 17.2. The largest absolute Gasteiger partial charge is 0.399 e. The molecule has 0 aliphatic heterocycles. The molecule has 0 fully saturated rings. The van der Waals surface area contributed by atoms with Gasteiger partial charge in [0.25, 0.3) is 0 Å². The van der Waals surface area contributed by atoms with Crippen LogP contribution < -0.4 is 21.7 Å². The van der Waals surface area contributed by atoms with Gasteiger partial charge in [-0.05, 0) is 110 Å². The molecule has 0 bridgehead atoms. The molecule has 0 aliphatic carbocycles. The van der Waals surface area contributed by atoms with Crippen molar-refractivity contribution in [1.29, 1.82) is 0 Å². The van der Waals surface area contributed by atoms with Gasteiger partial charge in [-0.15, -0.1) is 0 Å². The fraction of sp³-hybridized carbons (Fsp3) is 0.217. The molecule has 2 aromatic carbocycles. The highest BCUT2D eigenvalue weighted by Gasteiger charge is 2.10. The van der Waals surface area contributed by atoms with Crippen molar-refractivity contribution in [3.8, 4) is 0 Å². The van der Waals surface area contributed by atoms with Crippen LogP contribution in [0.25, 0.3) is 0 Å². The second-order valence-corrected chi connectivity index (χ2v) is 15.5. The second-order valence-electron chi connectivity index (χ2n) is 8.07. The van der Waals surface area contributed by atoms with Crippen molar-refractivity contribution >= 4 is 77.0 Å². The molecule has 10 nitrogen and oxygen atoms in total. The molecule has 0 unspecified atom stereocenters. The summed E-state index contributed by atoms with van der Waals surface area (Å²) in [7, 11) is -4.31. The smallest absolute Gasteiger partial charge is 0.231 e. The maximum Gasteiger partial charge on any atom is 0.231 e. The highest BCUT2D eigenvalue weighted by Crippen LogP contribution is 2.35. The zero-order valence-corrected chi connectivity index (χ0v) is 24.4. The number of benzene rings is 2. The van der Waals surface area contributed by atoms with Gasteiger partial charge in [-0.25, -0.2) is 19.9 Å². The van der Waals surface area contributed by atoms with Crippen molar-refractivity contribution in [2.24, 2.45) is 0 Å². The predicted octanol–water partition coefficient (Wildman–Crippen LogP) is 5.85. The first-order valence-electron chi connectivity index (χ1n) is 10.4. The number of nitrogen functional groups attached to an aromatic ring is 1. The zero-order valence-electron chi connectivity index (χ0n) is 20.4. The Morgan fingerprint density at radius 3 is 1.42 bits per heavy atom. The summed E-state index contributed by atoms with van der Waals surface area (Å²) in [5, 5.41) is 5.07. The fourth-order valence-electron chi connectivity index (χ4n) is 2.46. The van der Waals surface area contributed by atoms with Gasteiger partial charge in [0.05, 0.1) is 0 Å². The van der Waals surface area contributed by atoms with Crippen LogP contribution in [0.2, 0.25) is 15.9 Å². The number of halogens is 3. The van der Waals surface area contributed by atoms with Gasteiger partial charge >= 0.3 is 0 Å². The maximum atomic E-state index is 11.9. The Kier molecular flexibility index (Phi) is 13.3. The number of nitrogens with one attached hydrogen (secondary N) is 1. The summed E-state index contributed by atoms with van der Waals surface area (Å²) >= 11 is 16.3. The molecular weight excluding hydrogens is 589 g/mol. The van der Waals surface area contributed by atoms with E-state index in [1.54, 1.807) is 38.8 Å². The summed E-state index contributed by atoms with van der Waals surface area (Å²) in [6, 6.07) is 14.5. The van der Waals surface area contributed by atoms with Gasteiger partial charge in [0.15, 0.2) is 0 Å². The fourth-order valence-corrected chi connectivity index (χ4v) is 4.61. The molecular formula is C23H29Cl3N8O2P2. The SMILES string of the molecule is C.CP(C)(=O)c1ccc(N)cc1.CP(C)(=O)c1ccc(Nc2ncnc(Cl)n2)cc1.Clc1ncnc(Cl)n1. The summed E-state index contributed by atoms with van der Waals surface area (Å²) in [6.07, 6.45) is 2.58. The molecule has 4 aromatic rings. The van der Waals surface area contributed by atoms with Crippen LogP contribution in [0, 0.1) is 0 Å². The lowest BCUT2D eigenvalue weighted by molar-refractivity contribution is 0.587. The molecule has 2 aromatic heterocycles. The Morgan fingerprint density at radius 2 is 1.05 bits per heavy atom. The molecule has 204 valence electrons. The molecule has 4 rings (SSSR count). The van der Waals surface area contributed by atoms with Gasteiger partial charge in [0.2, 0.25) is 21.8 Å². The van der Waals surface area contributed by atoms with Crippen LogP contribution in [-0.4, -0.2) is 56.6 Å². The predicted molar refractivity (Wildman–Crippen MR) is 160 cm³/mol. The maximum absolute atomic E-state index is 11.9. The Balaban J connectivity index is 0.000000309. The topological polar surface area (TPSA) is 150 Å². The van der Waals surface area contributed by atoms with Gasteiger partial charge in [-0.3, -0.25) is 0 Å². The number of hydrogen-bond donors (Lipinski definition) is 2. The lowest BCUT2D eigenvalue weighted by atomic mass is 10.3. The monoisotopic (exact) mass is 616 g/mol. The van der Waals surface area contributed by atoms with Gasteiger partial charge in [-0.2, -0.15) is 9.97 Å². The van der Waals surface area contributed by atoms with E-state index in [4.69, 9.17) is 40.5 Å². The van der Waals surface area contributed by atoms with Crippen molar-refractivity contribution in [1.82, 2.24) is 29.9 Å². The van der Waals surface area contributed by atoms with Crippen molar-refractivity contribution < 1.29 is 9.13 Å². The number of hydrogen-bond acceptors (Lipinski definition) is 10. The van der Waals surface area contributed by atoms with Crippen molar-refractivity contribution in [3.05, 3.63) is 77.0 Å². The molecule has 0 saturated heterocycles. The number of nitrogens with two attached hydrogens (primary N) is 1. The van der Waals surface area contributed by atoms with E-state index in [1.807, 2.05) is 36.4 Å². The highest BCUT2D eigenvalue weighted by atomic mass is 35.5. The average molecular weight is 618 g/mol. The molecule has 2 heterocycles. The lowest BCUT2D eigenvalue weighted by Crippen LogP contribution is -2.03. The standard InChI is InChI=1S/C11H12ClN4OP.C8H12NOP.C3HCl2N3.CH4/c1-18(2,17)9-5-3-8(4-6-9)15-11-14-7-13-10(12)16-11;1-11(2,10)8-5-3-7(9)4-6-8;4-2-6-1-7-3(5)8-2;/h3-7H,1-2H3,(H,13,14,15,16);3-6H,9H2,1-2H3;1H;1H4. The number of rotatable bonds is 4. The van der Waals surface area contributed by atoms with Crippen LogP contribution in [0.3, 0.4) is 0 Å². The van der Waals surface area contributed by atoms with E-state index in [0.29, 0.717) is 11.6 Å². The Morgan fingerprint density at radius 1 is 0.658 bits per heavy atom. The minimum absolute atomic E-state index is 0. The summed E-state index contributed by atoms with van der Waals surface area (Å²) in [5.74, 6) is 0.374. The van der Waals surface area contributed by atoms with E-state index in [9.17, 15) is 9.13 Å². The first-order valence-corrected chi connectivity index (χ1v) is 16.8. The molecule has 0 spiro atoms. The highest BCUT2D eigenvalue weighted by molar-refractivity contribution is 7.70. The molecule has 0 amide bonds. The molecule has 0 aliphatic rings. The van der Waals surface area contributed by atoms with Crippen LogP contribution in [0.4, 0.5) is 17.3 Å². The second kappa shape index (κ2) is 15.1. The van der Waals surface area contributed by atoms with Gasteiger partial charge in [-0.1, -0.05) is 7.43 Å². The van der Waals surface area contributed by atoms with E-state index in [1.165, 1.54) is 12.7 Å². The average Bonchev–Trinajstić information content (AvgIpc) is 2.79. The number of anilines is 3. The van der Waals surface area contributed by atoms with Crippen LogP contribution in [0.1, 0.15) is 7.43 Å². The molecule has 0 radical (unpaired) electrons.